The van der Waals surface area contributed by atoms with Gasteiger partial charge in [0.15, 0.2) is 11.9 Å². The Kier molecular flexibility index (Phi) is 12.9. The molecule has 13 nitrogen and oxygen atoms in total. The van der Waals surface area contributed by atoms with E-state index in [1.54, 1.807) is 6.20 Å². The summed E-state index contributed by atoms with van der Waals surface area (Å²) in [6.45, 7) is 2.90. The summed E-state index contributed by atoms with van der Waals surface area (Å²) in [5.74, 6) is -0.656. The maximum atomic E-state index is 13.4. The fourth-order valence-corrected chi connectivity index (χ4v) is 4.87. The predicted octanol–water partition coefficient (Wildman–Crippen LogP) is 0.392. The number of pyridine rings is 1. The lowest BCUT2D eigenvalue weighted by Crippen LogP contribution is -2.51. The van der Waals surface area contributed by atoms with Crippen molar-refractivity contribution in [2.24, 2.45) is 38.7 Å². The fraction of sp³-hybridized carbons (Fsp3) is 0.387. The van der Waals surface area contributed by atoms with Gasteiger partial charge in [0.05, 0.1) is 63.2 Å². The van der Waals surface area contributed by atoms with Gasteiger partial charge in [0, 0.05) is 5.39 Å². The van der Waals surface area contributed by atoms with Crippen LogP contribution in [0, 0.1) is 0 Å². The molecule has 0 radical (unpaired) electrons. The molecule has 0 aliphatic heterocycles. The molecule has 0 aliphatic carbocycles. The molecule has 0 saturated heterocycles. The molecule has 2 aromatic carbocycles. The quantitative estimate of drug-likeness (QED) is 0.0646. The molecule has 44 heavy (non-hydrogen) atoms. The largest absolute Gasteiger partial charge is 0.370 e. The molecule has 13 heteroatoms. The van der Waals surface area contributed by atoms with Crippen LogP contribution in [0.25, 0.3) is 10.9 Å². The highest BCUT2D eigenvalue weighted by atomic mass is 16.2. The number of aromatic nitrogens is 1. The van der Waals surface area contributed by atoms with Crippen molar-refractivity contribution in [3.8, 4) is 0 Å². The van der Waals surface area contributed by atoms with Gasteiger partial charge in [0.1, 0.15) is 6.04 Å². The molecule has 0 spiro atoms. The van der Waals surface area contributed by atoms with Gasteiger partial charge < -0.3 is 43.8 Å². The van der Waals surface area contributed by atoms with Crippen LogP contribution in [-0.4, -0.2) is 85.1 Å². The van der Waals surface area contributed by atoms with Crippen molar-refractivity contribution in [1.29, 1.82) is 0 Å². The molecule has 2 amide bonds. The van der Waals surface area contributed by atoms with Crippen molar-refractivity contribution in [2.45, 2.75) is 37.8 Å². The zero-order valence-electron chi connectivity index (χ0n) is 25.4. The van der Waals surface area contributed by atoms with Gasteiger partial charge in [-0.25, -0.2) is 9.98 Å². The van der Waals surface area contributed by atoms with E-state index in [0.29, 0.717) is 68.6 Å². The minimum absolute atomic E-state index is 0.0298. The number of carbonyl (C=O) groups excluding carboxylic acids is 2. The number of aliphatic imine (C=N–C) groups is 2. The number of fused-ring (bicyclic) bond motifs is 1. The van der Waals surface area contributed by atoms with Gasteiger partial charge in [-0.05, 0) is 43.4 Å². The summed E-state index contributed by atoms with van der Waals surface area (Å²) < 4.78 is 0.587. The molecule has 0 fully saturated rings. The van der Waals surface area contributed by atoms with E-state index < -0.39 is 12.1 Å². The van der Waals surface area contributed by atoms with Gasteiger partial charge in [-0.15, -0.1) is 0 Å². The number of nitrogens with zero attached hydrogens (tertiary/aromatic N) is 4. The summed E-state index contributed by atoms with van der Waals surface area (Å²) in [6, 6.07) is 17.7. The van der Waals surface area contributed by atoms with Crippen LogP contribution in [0.1, 0.15) is 24.8 Å². The Bertz CT molecular complexity index is 1400. The van der Waals surface area contributed by atoms with Gasteiger partial charge >= 0.3 is 0 Å². The molecule has 3 aromatic rings. The number of guanidine groups is 2. The molecule has 1 heterocycles. The highest BCUT2D eigenvalue weighted by Crippen LogP contribution is 2.17. The summed E-state index contributed by atoms with van der Waals surface area (Å²) in [7, 11) is 2.06. The van der Waals surface area contributed by atoms with Crippen molar-refractivity contribution >= 4 is 40.3 Å². The van der Waals surface area contributed by atoms with Crippen LogP contribution in [0.5, 0.6) is 0 Å². The second-order valence-corrected chi connectivity index (χ2v) is 11.1. The van der Waals surface area contributed by atoms with Crippen molar-refractivity contribution in [1.82, 2.24) is 10.3 Å². The standard InChI is InChI=1S/C31H45N11O2/c1-42(18-15-37-30(33)34,19-16-38-31(35)36)17-7-11-25(32)28(43)41-27(14-13-22-8-3-2-4-9-22)29(44)40-24-20-23-10-5-6-12-26(23)39-21-24/h2-6,8-10,12,20-21,25,27H,7,11,13-19,32H2,1H3,(H9-,33,34,35,36,37,38,40,41,43,44)/p+1/t25-,27-/m0/s1. The summed E-state index contributed by atoms with van der Waals surface area (Å²) >= 11 is 0. The minimum atomic E-state index is -0.798. The van der Waals surface area contributed by atoms with Gasteiger partial charge in [-0.1, -0.05) is 48.5 Å². The monoisotopic (exact) mass is 604 g/mol. The Balaban J connectivity index is 1.63. The van der Waals surface area contributed by atoms with Crippen LogP contribution >= 0.6 is 0 Å². The third-order valence-electron chi connectivity index (χ3n) is 7.47. The van der Waals surface area contributed by atoms with E-state index in [0.717, 1.165) is 16.5 Å². The lowest BCUT2D eigenvalue weighted by molar-refractivity contribution is -0.907. The number of amides is 2. The number of para-hydroxylation sites is 1. The van der Waals surface area contributed by atoms with E-state index in [4.69, 9.17) is 28.7 Å². The number of hydrogen-bond acceptors (Lipinski definition) is 6. The maximum absolute atomic E-state index is 13.4. The van der Waals surface area contributed by atoms with Crippen LogP contribution in [0.3, 0.4) is 0 Å². The highest BCUT2D eigenvalue weighted by Gasteiger charge is 2.26. The number of nitrogens with one attached hydrogen (secondary N) is 2. The average molecular weight is 605 g/mol. The topological polar surface area (TPSA) is 226 Å². The van der Waals surface area contributed by atoms with Crippen molar-refractivity contribution in [3.05, 3.63) is 72.4 Å². The lowest BCUT2D eigenvalue weighted by atomic mass is 10.0. The highest BCUT2D eigenvalue weighted by molar-refractivity contribution is 5.98. The molecule has 0 aliphatic rings. The normalized spacial score (nSPS) is 12.6. The molecule has 0 bridgehead atoms. The molecule has 3 rings (SSSR count). The number of rotatable bonds is 17. The first-order chi connectivity index (χ1) is 21.0. The zero-order valence-corrected chi connectivity index (χ0v) is 25.4. The number of carbonyl (C=O) groups is 2. The Labute approximate surface area is 258 Å². The molecule has 1 aromatic heterocycles. The number of benzene rings is 2. The number of likely N-dealkylation sites (N-methyl/N-ethyl adjacent to an activating group) is 1. The van der Waals surface area contributed by atoms with E-state index in [2.05, 4.69) is 32.7 Å². The SMILES string of the molecule is C[N+](CCC[C@H](N)C(=O)N[C@@H](CCc1ccccc1)C(=O)Nc1cnc2ccccc2c1)(CCN=C(N)N)CCN=C(N)N. The molecule has 0 unspecified atom stereocenters. The van der Waals surface area contributed by atoms with E-state index in [1.165, 1.54) is 0 Å². The summed E-state index contributed by atoms with van der Waals surface area (Å²) in [6.07, 6.45) is 3.69. The predicted molar refractivity (Wildman–Crippen MR) is 176 cm³/mol. The third kappa shape index (κ3) is 11.5. The third-order valence-corrected chi connectivity index (χ3v) is 7.47. The van der Waals surface area contributed by atoms with Crippen LogP contribution in [0.2, 0.25) is 0 Å². The summed E-state index contributed by atoms with van der Waals surface area (Å²) in [4.78, 5) is 39.3. The first kappa shape index (κ1) is 33.7. The van der Waals surface area contributed by atoms with Crippen LogP contribution < -0.4 is 39.3 Å². The van der Waals surface area contributed by atoms with Crippen LogP contribution in [0.4, 0.5) is 5.69 Å². The minimum Gasteiger partial charge on any atom is -0.370 e. The average Bonchev–Trinajstić information content (AvgIpc) is 2.99. The molecule has 0 saturated carbocycles. The Morgan fingerprint density at radius 1 is 0.864 bits per heavy atom. The number of nitrogens with two attached hydrogens (primary N) is 5. The fourth-order valence-electron chi connectivity index (χ4n) is 4.87. The first-order valence-electron chi connectivity index (χ1n) is 14.7. The number of aryl methyl sites for hydroxylation is 1. The van der Waals surface area contributed by atoms with Gasteiger partial charge in [-0.2, -0.15) is 0 Å². The second kappa shape index (κ2) is 16.8. The lowest BCUT2D eigenvalue weighted by Gasteiger charge is -2.34. The van der Waals surface area contributed by atoms with Crippen molar-refractivity contribution in [2.75, 3.05) is 45.1 Å². The number of anilines is 1. The number of quaternary nitrogens is 1. The molecular formula is C31H46N11O2+. The maximum Gasteiger partial charge on any atom is 0.247 e. The van der Waals surface area contributed by atoms with Gasteiger partial charge in [0.25, 0.3) is 0 Å². The van der Waals surface area contributed by atoms with E-state index >= 15 is 0 Å². The summed E-state index contributed by atoms with van der Waals surface area (Å²) in [5.41, 5.74) is 30.7. The molecule has 12 N–H and O–H groups in total. The first-order valence-corrected chi connectivity index (χ1v) is 14.7. The smallest absolute Gasteiger partial charge is 0.247 e. The molecule has 236 valence electrons. The molecule has 2 atom stereocenters. The second-order valence-electron chi connectivity index (χ2n) is 11.1. The van der Waals surface area contributed by atoms with Crippen LogP contribution in [0.15, 0.2) is 76.8 Å². The Morgan fingerprint density at radius 2 is 1.50 bits per heavy atom. The Hall–Kier alpha value is -4.75. The zero-order chi connectivity index (χ0) is 32.0. The van der Waals surface area contributed by atoms with Crippen molar-refractivity contribution in [3.63, 3.8) is 0 Å². The van der Waals surface area contributed by atoms with E-state index in [1.807, 2.05) is 60.7 Å². The number of hydrogen-bond donors (Lipinski definition) is 7. The van der Waals surface area contributed by atoms with Gasteiger partial charge in [-0.3, -0.25) is 14.6 Å². The van der Waals surface area contributed by atoms with Crippen LogP contribution in [-0.2, 0) is 16.0 Å². The van der Waals surface area contributed by atoms with Crippen molar-refractivity contribution < 1.29 is 14.1 Å². The van der Waals surface area contributed by atoms with E-state index in [-0.39, 0.29) is 23.7 Å². The Morgan fingerprint density at radius 3 is 2.16 bits per heavy atom. The van der Waals surface area contributed by atoms with Gasteiger partial charge in [0.2, 0.25) is 11.8 Å². The molecular weight excluding hydrogens is 558 g/mol. The van der Waals surface area contributed by atoms with E-state index in [9.17, 15) is 9.59 Å². The summed E-state index contributed by atoms with van der Waals surface area (Å²) in [5, 5.41) is 6.71.